The molecule has 0 spiro atoms. The molecule has 0 aliphatic heterocycles. The topological polar surface area (TPSA) is 59.3 Å². The monoisotopic (exact) mass is 281 g/mol. The highest BCUT2D eigenvalue weighted by Crippen LogP contribution is 2.32. The molecule has 0 saturated heterocycles. The van der Waals surface area contributed by atoms with Gasteiger partial charge >= 0.3 is 5.69 Å². The zero-order valence-corrected chi connectivity index (χ0v) is 10.6. The van der Waals surface area contributed by atoms with E-state index in [0.717, 1.165) is 0 Å². The summed E-state index contributed by atoms with van der Waals surface area (Å²) in [6, 6.07) is 8.49. The lowest BCUT2D eigenvalue weighted by molar-refractivity contribution is -0.384. The van der Waals surface area contributed by atoms with E-state index >= 15 is 0 Å². The minimum atomic E-state index is -0.587. The second-order valence-corrected chi connectivity index (χ2v) is 4.13. The highest BCUT2D eigenvalue weighted by molar-refractivity contribution is 6.29. The van der Waals surface area contributed by atoms with E-state index in [4.69, 9.17) is 11.6 Å². The van der Waals surface area contributed by atoms with E-state index in [2.05, 4.69) is 4.98 Å². The van der Waals surface area contributed by atoms with Crippen LogP contribution in [0.25, 0.3) is 0 Å². The molecule has 1 aromatic carbocycles. The summed E-state index contributed by atoms with van der Waals surface area (Å²) in [7, 11) is 1.49. The first-order chi connectivity index (χ1) is 9.00. The fraction of sp³-hybridized carbons (Fsp3) is 0.0833. The number of anilines is 2. The second kappa shape index (κ2) is 5.19. The quantitative estimate of drug-likeness (QED) is 0.490. The van der Waals surface area contributed by atoms with Crippen LogP contribution in [0.1, 0.15) is 0 Å². The summed E-state index contributed by atoms with van der Waals surface area (Å²) in [4.78, 5) is 15.6. The van der Waals surface area contributed by atoms with Gasteiger partial charge in [0.15, 0.2) is 0 Å². The van der Waals surface area contributed by atoms with Crippen molar-refractivity contribution in [3.63, 3.8) is 0 Å². The number of hydrogen-bond donors (Lipinski definition) is 0. The van der Waals surface area contributed by atoms with Gasteiger partial charge in [-0.25, -0.2) is 9.37 Å². The van der Waals surface area contributed by atoms with Crippen LogP contribution in [-0.2, 0) is 0 Å². The van der Waals surface area contributed by atoms with E-state index in [0.29, 0.717) is 0 Å². The predicted molar refractivity (Wildman–Crippen MR) is 70.4 cm³/mol. The average molecular weight is 282 g/mol. The summed E-state index contributed by atoms with van der Waals surface area (Å²) < 4.78 is 13.7. The maximum absolute atomic E-state index is 13.7. The minimum Gasteiger partial charge on any atom is -0.321 e. The molecule has 5 nitrogen and oxygen atoms in total. The third-order valence-electron chi connectivity index (χ3n) is 2.55. The Bertz CT molecular complexity index is 636. The van der Waals surface area contributed by atoms with E-state index in [9.17, 15) is 14.5 Å². The van der Waals surface area contributed by atoms with E-state index < -0.39 is 10.7 Å². The number of hydrogen-bond acceptors (Lipinski definition) is 4. The Balaban J connectivity index is 2.55. The molecule has 2 rings (SSSR count). The zero-order valence-electron chi connectivity index (χ0n) is 9.88. The van der Waals surface area contributed by atoms with Gasteiger partial charge < -0.3 is 4.90 Å². The molecule has 0 amide bonds. The Morgan fingerprint density at radius 1 is 1.32 bits per heavy atom. The molecule has 1 heterocycles. The van der Waals surface area contributed by atoms with Crippen LogP contribution in [0.3, 0.4) is 0 Å². The molecule has 19 heavy (non-hydrogen) atoms. The maximum atomic E-state index is 13.7. The van der Waals surface area contributed by atoms with Crippen LogP contribution in [0.4, 0.5) is 21.6 Å². The second-order valence-electron chi connectivity index (χ2n) is 3.74. The molecule has 0 N–H and O–H groups in total. The van der Waals surface area contributed by atoms with Crippen LogP contribution in [-0.4, -0.2) is 17.0 Å². The van der Waals surface area contributed by atoms with Gasteiger partial charge in [0.25, 0.3) is 0 Å². The highest BCUT2D eigenvalue weighted by atomic mass is 35.5. The van der Waals surface area contributed by atoms with Crippen LogP contribution >= 0.6 is 11.6 Å². The highest BCUT2D eigenvalue weighted by Gasteiger charge is 2.21. The number of halogens is 2. The minimum absolute atomic E-state index is 0.0115. The van der Waals surface area contributed by atoms with Crippen molar-refractivity contribution in [1.29, 1.82) is 0 Å². The molecule has 1 aromatic heterocycles. The third kappa shape index (κ3) is 2.63. The molecule has 0 saturated carbocycles. The molecule has 0 bridgehead atoms. The summed E-state index contributed by atoms with van der Waals surface area (Å²) in [6.07, 6.45) is 0. The number of rotatable bonds is 3. The van der Waals surface area contributed by atoms with Crippen molar-refractivity contribution in [3.8, 4) is 0 Å². The molecule has 0 atom stereocenters. The summed E-state index contributed by atoms with van der Waals surface area (Å²) in [5.74, 6) is -0.510. The van der Waals surface area contributed by atoms with Crippen LogP contribution in [0.15, 0.2) is 36.4 Å². The number of para-hydroxylation sites is 1. The number of nitro groups is 1. The zero-order chi connectivity index (χ0) is 14.0. The summed E-state index contributed by atoms with van der Waals surface area (Å²) in [5.41, 5.74) is -0.0597. The molecular weight excluding hydrogens is 273 g/mol. The summed E-state index contributed by atoms with van der Waals surface area (Å²) >= 11 is 5.74. The Labute approximate surface area is 113 Å². The largest absolute Gasteiger partial charge is 0.321 e. The molecule has 2 aromatic rings. The van der Waals surface area contributed by atoms with Gasteiger partial charge in [0.05, 0.1) is 10.6 Å². The lowest BCUT2D eigenvalue weighted by atomic mass is 10.2. The fourth-order valence-electron chi connectivity index (χ4n) is 1.65. The van der Waals surface area contributed by atoms with Crippen LogP contribution < -0.4 is 4.90 Å². The summed E-state index contributed by atoms with van der Waals surface area (Å²) in [6.45, 7) is 0. The van der Waals surface area contributed by atoms with Gasteiger partial charge in [-0.15, -0.1) is 0 Å². The Morgan fingerprint density at radius 2 is 2.00 bits per heavy atom. The average Bonchev–Trinajstić information content (AvgIpc) is 2.38. The third-order valence-corrected chi connectivity index (χ3v) is 2.76. The van der Waals surface area contributed by atoms with E-state index in [1.165, 1.54) is 42.3 Å². The standard InChI is InChI=1S/C12H9ClFN3O2/c1-16(9-5-3-2-4-8(9)14)12-10(17(18)19)6-7-11(13)15-12/h2-7H,1H3. The van der Waals surface area contributed by atoms with Crippen molar-refractivity contribution in [2.45, 2.75) is 0 Å². The molecular formula is C12H9ClFN3O2. The normalized spacial score (nSPS) is 10.3. The van der Waals surface area contributed by atoms with Gasteiger partial charge in [-0.1, -0.05) is 23.7 Å². The first kappa shape index (κ1) is 13.2. The predicted octanol–water partition coefficient (Wildman–Crippen LogP) is 3.55. The van der Waals surface area contributed by atoms with Gasteiger partial charge in [0.1, 0.15) is 11.0 Å². The number of aromatic nitrogens is 1. The SMILES string of the molecule is CN(c1ccccc1F)c1nc(Cl)ccc1[N+](=O)[O-]. The number of benzene rings is 1. The van der Waals surface area contributed by atoms with Crippen LogP contribution in [0, 0.1) is 15.9 Å². The Morgan fingerprint density at radius 3 is 2.63 bits per heavy atom. The van der Waals surface area contributed by atoms with Gasteiger partial charge in [-0.3, -0.25) is 10.1 Å². The fourth-order valence-corrected chi connectivity index (χ4v) is 1.79. The van der Waals surface area contributed by atoms with Crippen molar-refractivity contribution in [2.24, 2.45) is 0 Å². The lowest BCUT2D eigenvalue weighted by Gasteiger charge is -2.18. The first-order valence-corrected chi connectivity index (χ1v) is 5.67. The summed E-state index contributed by atoms with van der Waals surface area (Å²) in [5, 5.41) is 11.1. The first-order valence-electron chi connectivity index (χ1n) is 5.30. The van der Waals surface area contributed by atoms with E-state index in [-0.39, 0.29) is 22.3 Å². The molecule has 0 fully saturated rings. The Hall–Kier alpha value is -2.21. The molecule has 0 aliphatic carbocycles. The van der Waals surface area contributed by atoms with Crippen molar-refractivity contribution in [2.75, 3.05) is 11.9 Å². The van der Waals surface area contributed by atoms with Gasteiger partial charge in [-0.2, -0.15) is 0 Å². The van der Waals surface area contributed by atoms with E-state index in [1.807, 2.05) is 0 Å². The molecule has 0 aliphatic rings. The van der Waals surface area contributed by atoms with Crippen LogP contribution in [0.5, 0.6) is 0 Å². The van der Waals surface area contributed by atoms with Crippen LogP contribution in [0.2, 0.25) is 5.15 Å². The molecule has 98 valence electrons. The molecule has 0 radical (unpaired) electrons. The maximum Gasteiger partial charge on any atom is 0.312 e. The molecule has 0 unspecified atom stereocenters. The van der Waals surface area contributed by atoms with Crippen molar-refractivity contribution in [3.05, 3.63) is 57.5 Å². The number of nitrogens with zero attached hydrogens (tertiary/aromatic N) is 3. The van der Waals surface area contributed by atoms with Crippen molar-refractivity contribution in [1.82, 2.24) is 4.98 Å². The molecule has 7 heteroatoms. The Kier molecular flexibility index (Phi) is 3.62. The van der Waals surface area contributed by atoms with E-state index in [1.54, 1.807) is 6.07 Å². The van der Waals surface area contributed by atoms with Gasteiger partial charge in [0.2, 0.25) is 5.82 Å². The lowest BCUT2D eigenvalue weighted by Crippen LogP contribution is -2.14. The van der Waals surface area contributed by atoms with Crippen molar-refractivity contribution >= 4 is 28.8 Å². The smallest absolute Gasteiger partial charge is 0.312 e. The van der Waals surface area contributed by atoms with Gasteiger partial charge in [0, 0.05) is 13.1 Å². The number of pyridine rings is 1. The van der Waals surface area contributed by atoms with Crippen molar-refractivity contribution < 1.29 is 9.31 Å². The van der Waals surface area contributed by atoms with Gasteiger partial charge in [-0.05, 0) is 18.2 Å².